The highest BCUT2D eigenvalue weighted by molar-refractivity contribution is 9.10. The second kappa shape index (κ2) is 7.11. The van der Waals surface area contributed by atoms with Crippen LogP contribution in [-0.4, -0.2) is 12.4 Å². The number of ether oxygens (including phenoxy) is 1. The summed E-state index contributed by atoms with van der Waals surface area (Å²) in [5.74, 6) is 1.36. The highest BCUT2D eigenvalue weighted by Crippen LogP contribution is 2.29. The van der Waals surface area contributed by atoms with Crippen LogP contribution >= 0.6 is 31.9 Å². The van der Waals surface area contributed by atoms with Gasteiger partial charge in [0.2, 0.25) is 0 Å². The summed E-state index contributed by atoms with van der Waals surface area (Å²) in [6.07, 6.45) is 1.01. The maximum Gasteiger partial charge on any atom is 0.133 e. The number of halogens is 2. The topological polar surface area (TPSA) is 9.23 Å². The van der Waals surface area contributed by atoms with E-state index in [9.17, 15) is 0 Å². The van der Waals surface area contributed by atoms with Crippen molar-refractivity contribution >= 4 is 31.9 Å². The van der Waals surface area contributed by atoms with Crippen molar-refractivity contribution in [2.24, 2.45) is 0 Å². The molecule has 0 spiro atoms. The van der Waals surface area contributed by atoms with E-state index in [0.29, 0.717) is 5.92 Å². The third-order valence-electron chi connectivity index (χ3n) is 3.16. The summed E-state index contributed by atoms with van der Waals surface area (Å²) in [6, 6.07) is 16.9. The molecule has 100 valence electrons. The first-order valence-corrected chi connectivity index (χ1v) is 8.09. The van der Waals surface area contributed by atoms with Crippen LogP contribution in [0.2, 0.25) is 0 Å². The molecule has 2 aromatic carbocycles. The van der Waals surface area contributed by atoms with Crippen molar-refractivity contribution in [1.82, 2.24) is 0 Å². The summed E-state index contributed by atoms with van der Waals surface area (Å²) >= 11 is 7.16. The molecule has 0 heterocycles. The van der Waals surface area contributed by atoms with Gasteiger partial charge in [-0.05, 0) is 51.5 Å². The summed E-state index contributed by atoms with van der Waals surface area (Å²) in [4.78, 5) is 0. The third kappa shape index (κ3) is 3.83. The number of rotatable bonds is 5. The number of alkyl halides is 1. The molecule has 19 heavy (non-hydrogen) atoms. The fraction of sp³-hybridized carbons (Fsp3) is 0.250. The number of hydrogen-bond donors (Lipinski definition) is 0. The van der Waals surface area contributed by atoms with E-state index in [-0.39, 0.29) is 0 Å². The van der Waals surface area contributed by atoms with Crippen LogP contribution in [0.3, 0.4) is 0 Å². The zero-order valence-corrected chi connectivity index (χ0v) is 13.9. The number of hydrogen-bond acceptors (Lipinski definition) is 1. The summed E-state index contributed by atoms with van der Waals surface area (Å²) in [6.45, 7) is 0. The lowest BCUT2D eigenvalue weighted by atomic mass is 9.94. The Kier molecular flexibility index (Phi) is 5.46. The Morgan fingerprint density at radius 1 is 1.11 bits per heavy atom. The molecular formula is C16H16Br2O. The molecule has 0 aromatic heterocycles. The van der Waals surface area contributed by atoms with E-state index < -0.39 is 0 Å². The standard InChI is InChI=1S/C16H16Br2O/c1-19-16-8-7-12(10-15(16)18)9-14(11-17)13-5-3-2-4-6-13/h2-8,10,14H,9,11H2,1H3. The largest absolute Gasteiger partial charge is 0.496 e. The highest BCUT2D eigenvalue weighted by atomic mass is 79.9. The van der Waals surface area contributed by atoms with Gasteiger partial charge in [0.25, 0.3) is 0 Å². The van der Waals surface area contributed by atoms with Crippen molar-refractivity contribution in [3.8, 4) is 5.75 Å². The van der Waals surface area contributed by atoms with Crippen molar-refractivity contribution < 1.29 is 4.74 Å². The lowest BCUT2D eigenvalue weighted by Crippen LogP contribution is -2.04. The first-order valence-electron chi connectivity index (χ1n) is 6.18. The molecule has 1 nitrogen and oxygen atoms in total. The minimum Gasteiger partial charge on any atom is -0.496 e. The number of methoxy groups -OCH3 is 1. The van der Waals surface area contributed by atoms with Crippen LogP contribution in [0.5, 0.6) is 5.75 Å². The van der Waals surface area contributed by atoms with Crippen molar-refractivity contribution in [3.05, 3.63) is 64.1 Å². The SMILES string of the molecule is COc1ccc(CC(CBr)c2ccccc2)cc1Br. The van der Waals surface area contributed by atoms with Gasteiger partial charge in [0.1, 0.15) is 5.75 Å². The van der Waals surface area contributed by atoms with E-state index in [4.69, 9.17) is 4.74 Å². The van der Waals surface area contributed by atoms with Crippen LogP contribution in [0.4, 0.5) is 0 Å². The van der Waals surface area contributed by atoms with Crippen LogP contribution in [0.1, 0.15) is 17.0 Å². The van der Waals surface area contributed by atoms with E-state index in [1.165, 1.54) is 11.1 Å². The molecule has 1 atom stereocenters. The molecule has 0 aliphatic carbocycles. The molecule has 3 heteroatoms. The molecule has 1 unspecified atom stereocenters. The van der Waals surface area contributed by atoms with Gasteiger partial charge in [0.15, 0.2) is 0 Å². The average Bonchev–Trinajstić information content (AvgIpc) is 2.46. The minimum atomic E-state index is 0.487. The van der Waals surface area contributed by atoms with Crippen molar-refractivity contribution in [3.63, 3.8) is 0 Å². The summed E-state index contributed by atoms with van der Waals surface area (Å²) in [5.41, 5.74) is 2.67. The molecule has 0 saturated heterocycles. The molecule has 0 bridgehead atoms. The van der Waals surface area contributed by atoms with Gasteiger partial charge >= 0.3 is 0 Å². The van der Waals surface area contributed by atoms with Gasteiger partial charge in [-0.15, -0.1) is 0 Å². The van der Waals surface area contributed by atoms with Crippen molar-refractivity contribution in [2.75, 3.05) is 12.4 Å². The predicted molar refractivity (Wildman–Crippen MR) is 87.4 cm³/mol. The zero-order valence-electron chi connectivity index (χ0n) is 10.8. The van der Waals surface area contributed by atoms with E-state index in [2.05, 4.69) is 74.3 Å². The maximum absolute atomic E-state index is 5.26. The molecule has 0 aliphatic rings. The first-order chi connectivity index (χ1) is 9.24. The molecule has 0 saturated carbocycles. The maximum atomic E-state index is 5.26. The van der Waals surface area contributed by atoms with E-state index in [1.54, 1.807) is 7.11 Å². The average molecular weight is 384 g/mol. The second-order valence-electron chi connectivity index (χ2n) is 4.43. The van der Waals surface area contributed by atoms with E-state index in [0.717, 1.165) is 22.0 Å². The quantitative estimate of drug-likeness (QED) is 0.646. The lowest BCUT2D eigenvalue weighted by Gasteiger charge is -2.15. The Morgan fingerprint density at radius 3 is 2.42 bits per heavy atom. The fourth-order valence-corrected chi connectivity index (χ4v) is 3.30. The van der Waals surface area contributed by atoms with Gasteiger partial charge in [0, 0.05) is 5.33 Å². The lowest BCUT2D eigenvalue weighted by molar-refractivity contribution is 0.412. The van der Waals surface area contributed by atoms with Crippen molar-refractivity contribution in [2.45, 2.75) is 12.3 Å². The second-order valence-corrected chi connectivity index (χ2v) is 5.94. The molecule has 0 aliphatic heterocycles. The Hall–Kier alpha value is -0.800. The Bertz CT molecular complexity index is 526. The summed E-state index contributed by atoms with van der Waals surface area (Å²) in [7, 11) is 1.69. The van der Waals surface area contributed by atoms with Gasteiger partial charge in [-0.25, -0.2) is 0 Å². The Balaban J connectivity index is 2.17. The Morgan fingerprint density at radius 2 is 1.84 bits per heavy atom. The van der Waals surface area contributed by atoms with Gasteiger partial charge < -0.3 is 4.74 Å². The molecule has 2 rings (SSSR count). The van der Waals surface area contributed by atoms with Crippen LogP contribution < -0.4 is 4.74 Å². The molecular weight excluding hydrogens is 368 g/mol. The number of benzene rings is 2. The van der Waals surface area contributed by atoms with Gasteiger partial charge in [0.05, 0.1) is 11.6 Å². The molecule has 0 fully saturated rings. The highest BCUT2D eigenvalue weighted by Gasteiger charge is 2.11. The fourth-order valence-electron chi connectivity index (χ4n) is 2.11. The van der Waals surface area contributed by atoms with Gasteiger partial charge in [-0.3, -0.25) is 0 Å². The third-order valence-corrected chi connectivity index (χ3v) is 4.56. The monoisotopic (exact) mass is 382 g/mol. The zero-order chi connectivity index (χ0) is 13.7. The smallest absolute Gasteiger partial charge is 0.133 e. The molecule has 0 amide bonds. The summed E-state index contributed by atoms with van der Waals surface area (Å²) in [5, 5.41) is 0.959. The van der Waals surface area contributed by atoms with Gasteiger partial charge in [-0.2, -0.15) is 0 Å². The van der Waals surface area contributed by atoms with Crippen LogP contribution in [0.15, 0.2) is 53.0 Å². The van der Waals surface area contributed by atoms with Gasteiger partial charge in [-0.1, -0.05) is 52.3 Å². The minimum absolute atomic E-state index is 0.487. The van der Waals surface area contributed by atoms with Crippen molar-refractivity contribution in [1.29, 1.82) is 0 Å². The molecule has 2 aromatic rings. The van der Waals surface area contributed by atoms with Crippen LogP contribution in [0, 0.1) is 0 Å². The van der Waals surface area contributed by atoms with E-state index in [1.807, 2.05) is 6.07 Å². The normalized spacial score (nSPS) is 12.2. The molecule has 0 radical (unpaired) electrons. The van der Waals surface area contributed by atoms with Crippen LogP contribution in [-0.2, 0) is 6.42 Å². The first kappa shape index (κ1) is 14.6. The predicted octanol–water partition coefficient (Wildman–Crippen LogP) is 5.18. The van der Waals surface area contributed by atoms with Crippen LogP contribution in [0.25, 0.3) is 0 Å². The Labute approximate surface area is 131 Å². The molecule has 0 N–H and O–H groups in total. The van der Waals surface area contributed by atoms with E-state index >= 15 is 0 Å². The summed E-state index contributed by atoms with van der Waals surface area (Å²) < 4.78 is 6.27.